The molecule has 2 heterocycles. The third-order valence-electron chi connectivity index (χ3n) is 4.18. The van der Waals surface area contributed by atoms with Crippen molar-refractivity contribution < 1.29 is 9.21 Å². The first-order valence-electron chi connectivity index (χ1n) is 7.82. The Bertz CT molecular complexity index is 834. The van der Waals surface area contributed by atoms with Crippen molar-refractivity contribution in [1.82, 2.24) is 19.4 Å². The summed E-state index contributed by atoms with van der Waals surface area (Å²) < 4.78 is 7.74. The monoisotopic (exact) mass is 310 g/mol. The highest BCUT2D eigenvalue weighted by molar-refractivity contribution is 5.96. The Kier molecular flexibility index (Phi) is 3.37. The van der Waals surface area contributed by atoms with Gasteiger partial charge in [0.25, 0.3) is 5.91 Å². The van der Waals surface area contributed by atoms with E-state index in [2.05, 4.69) is 9.97 Å². The van der Waals surface area contributed by atoms with Crippen molar-refractivity contribution in [2.45, 2.75) is 25.3 Å². The van der Waals surface area contributed by atoms with Gasteiger partial charge in [-0.3, -0.25) is 4.79 Å². The quantitative estimate of drug-likeness (QED) is 0.727. The topological polar surface area (TPSA) is 64.2 Å². The lowest BCUT2D eigenvalue weighted by Gasteiger charge is -2.17. The lowest BCUT2D eigenvalue weighted by Crippen LogP contribution is -2.29. The van der Waals surface area contributed by atoms with Gasteiger partial charge in [-0.15, -0.1) is 0 Å². The lowest BCUT2D eigenvalue weighted by molar-refractivity contribution is 0.0790. The maximum absolute atomic E-state index is 12.5. The highest BCUT2D eigenvalue weighted by Gasteiger charge is 2.29. The molecule has 3 aromatic rings. The van der Waals surface area contributed by atoms with E-state index in [-0.39, 0.29) is 5.91 Å². The molecule has 1 fully saturated rings. The Morgan fingerprint density at radius 1 is 1.43 bits per heavy atom. The van der Waals surface area contributed by atoms with E-state index < -0.39 is 0 Å². The molecule has 1 aromatic carbocycles. The Morgan fingerprint density at radius 3 is 3.04 bits per heavy atom. The minimum absolute atomic E-state index is 0.0172. The van der Waals surface area contributed by atoms with Crippen LogP contribution in [0.3, 0.4) is 0 Å². The largest absolute Gasteiger partial charge is 0.440 e. The molecule has 2 aromatic heterocycles. The molecule has 0 bridgehead atoms. The van der Waals surface area contributed by atoms with Crippen LogP contribution in [0.2, 0.25) is 0 Å². The smallest absolute Gasteiger partial charge is 0.253 e. The number of nitrogens with zero attached hydrogens (tertiary/aromatic N) is 4. The second-order valence-corrected chi connectivity index (χ2v) is 6.04. The van der Waals surface area contributed by atoms with Crippen LogP contribution in [0.1, 0.15) is 35.0 Å². The van der Waals surface area contributed by atoms with E-state index in [1.807, 2.05) is 22.9 Å². The number of fused-ring (bicyclic) bond motifs is 1. The third kappa shape index (κ3) is 2.84. The number of carbonyl (C=O) groups excluding carboxylic acids is 1. The second kappa shape index (κ2) is 5.53. The Labute approximate surface area is 133 Å². The van der Waals surface area contributed by atoms with Crippen molar-refractivity contribution >= 4 is 17.0 Å². The molecule has 6 nitrogen and oxygen atoms in total. The molecule has 1 saturated carbocycles. The molecule has 0 unspecified atom stereocenters. The van der Waals surface area contributed by atoms with Gasteiger partial charge < -0.3 is 13.9 Å². The van der Waals surface area contributed by atoms with Crippen molar-refractivity contribution in [2.75, 3.05) is 13.6 Å². The number of rotatable bonds is 5. The molecular weight excluding hydrogens is 292 g/mol. The van der Waals surface area contributed by atoms with Gasteiger partial charge in [0.05, 0.1) is 6.33 Å². The van der Waals surface area contributed by atoms with Gasteiger partial charge in [-0.2, -0.15) is 0 Å². The van der Waals surface area contributed by atoms with Crippen LogP contribution in [-0.4, -0.2) is 38.9 Å². The first-order valence-corrected chi connectivity index (χ1v) is 7.82. The molecule has 1 amide bonds. The standard InChI is InChI=1S/C17H18N4O2/c1-20(8-9-21-7-6-18-11-21)17(22)13-4-5-14-15(10-13)23-16(19-14)12-2-3-12/h4-7,10-12H,2-3,8-9H2,1H3. The van der Waals surface area contributed by atoms with Crippen LogP contribution >= 0.6 is 0 Å². The fourth-order valence-electron chi connectivity index (χ4n) is 2.59. The van der Waals surface area contributed by atoms with Crippen LogP contribution < -0.4 is 0 Å². The number of benzene rings is 1. The summed E-state index contributed by atoms with van der Waals surface area (Å²) in [6.07, 6.45) is 7.67. The zero-order valence-electron chi connectivity index (χ0n) is 13.0. The van der Waals surface area contributed by atoms with Gasteiger partial charge in [0.15, 0.2) is 11.5 Å². The SMILES string of the molecule is CN(CCn1ccnc1)C(=O)c1ccc2nc(C3CC3)oc2c1. The molecule has 0 spiro atoms. The first kappa shape index (κ1) is 14.0. The molecule has 23 heavy (non-hydrogen) atoms. The maximum Gasteiger partial charge on any atom is 0.253 e. The van der Waals surface area contributed by atoms with Gasteiger partial charge in [0, 0.05) is 44.0 Å². The van der Waals surface area contributed by atoms with E-state index in [1.54, 1.807) is 30.5 Å². The lowest BCUT2D eigenvalue weighted by atomic mass is 10.2. The highest BCUT2D eigenvalue weighted by Crippen LogP contribution is 2.40. The predicted octanol–water partition coefficient (Wildman–Crippen LogP) is 2.67. The molecule has 0 atom stereocenters. The summed E-state index contributed by atoms with van der Waals surface area (Å²) in [7, 11) is 1.81. The minimum Gasteiger partial charge on any atom is -0.440 e. The van der Waals surface area contributed by atoms with Crippen LogP contribution in [0.25, 0.3) is 11.1 Å². The molecule has 6 heteroatoms. The number of likely N-dealkylation sites (N-methyl/N-ethyl adjacent to an activating group) is 1. The van der Waals surface area contributed by atoms with Gasteiger partial charge in [0.2, 0.25) is 0 Å². The number of hydrogen-bond acceptors (Lipinski definition) is 4. The van der Waals surface area contributed by atoms with Gasteiger partial charge in [-0.1, -0.05) is 0 Å². The zero-order valence-corrected chi connectivity index (χ0v) is 13.0. The molecule has 1 aliphatic rings. The number of hydrogen-bond donors (Lipinski definition) is 0. The molecule has 4 rings (SSSR count). The summed E-state index contributed by atoms with van der Waals surface area (Å²) >= 11 is 0. The van der Waals surface area contributed by atoms with Gasteiger partial charge in [-0.25, -0.2) is 9.97 Å². The van der Waals surface area contributed by atoms with Crippen molar-refractivity contribution in [3.8, 4) is 0 Å². The van der Waals surface area contributed by atoms with E-state index >= 15 is 0 Å². The van der Waals surface area contributed by atoms with Crippen molar-refractivity contribution in [1.29, 1.82) is 0 Å². The zero-order chi connectivity index (χ0) is 15.8. The summed E-state index contributed by atoms with van der Waals surface area (Å²) in [5.74, 6) is 1.26. The van der Waals surface area contributed by atoms with Crippen LogP contribution in [0.4, 0.5) is 0 Å². The molecule has 0 radical (unpaired) electrons. The van der Waals surface area contributed by atoms with Crippen molar-refractivity contribution in [3.63, 3.8) is 0 Å². The number of imidazole rings is 1. The Balaban J connectivity index is 1.49. The van der Waals surface area contributed by atoms with Crippen molar-refractivity contribution in [3.05, 3.63) is 48.4 Å². The molecule has 1 aliphatic carbocycles. The van der Waals surface area contributed by atoms with E-state index in [0.29, 0.717) is 23.6 Å². The fourth-order valence-corrected chi connectivity index (χ4v) is 2.59. The van der Waals surface area contributed by atoms with E-state index in [0.717, 1.165) is 30.8 Å². The second-order valence-electron chi connectivity index (χ2n) is 6.04. The highest BCUT2D eigenvalue weighted by atomic mass is 16.3. The predicted molar refractivity (Wildman–Crippen MR) is 85.2 cm³/mol. The summed E-state index contributed by atoms with van der Waals surface area (Å²) in [4.78, 5) is 22.7. The minimum atomic E-state index is -0.0172. The number of aromatic nitrogens is 3. The average Bonchev–Trinajstić information content (AvgIpc) is 3.12. The van der Waals surface area contributed by atoms with Crippen LogP contribution in [0.15, 0.2) is 41.3 Å². The molecular formula is C17H18N4O2. The number of amides is 1. The number of carbonyl (C=O) groups is 1. The normalized spacial score (nSPS) is 14.3. The van der Waals surface area contributed by atoms with Gasteiger partial charge >= 0.3 is 0 Å². The summed E-state index contributed by atoms with van der Waals surface area (Å²) in [5, 5.41) is 0. The molecule has 0 aliphatic heterocycles. The first-order chi connectivity index (χ1) is 11.2. The Hall–Kier alpha value is -2.63. The van der Waals surface area contributed by atoms with Crippen LogP contribution in [-0.2, 0) is 6.54 Å². The van der Waals surface area contributed by atoms with Gasteiger partial charge in [-0.05, 0) is 31.0 Å². The molecule has 0 saturated heterocycles. The number of oxazole rings is 1. The summed E-state index contributed by atoms with van der Waals surface area (Å²) in [6, 6.07) is 5.48. The summed E-state index contributed by atoms with van der Waals surface area (Å²) in [6.45, 7) is 1.34. The van der Waals surface area contributed by atoms with E-state index in [9.17, 15) is 4.79 Å². The van der Waals surface area contributed by atoms with Crippen LogP contribution in [0, 0.1) is 0 Å². The summed E-state index contributed by atoms with van der Waals surface area (Å²) in [5.41, 5.74) is 2.15. The van der Waals surface area contributed by atoms with E-state index in [4.69, 9.17) is 4.42 Å². The molecule has 0 N–H and O–H groups in total. The third-order valence-corrected chi connectivity index (χ3v) is 4.18. The maximum atomic E-state index is 12.5. The fraction of sp³-hybridized carbons (Fsp3) is 0.353. The van der Waals surface area contributed by atoms with Crippen molar-refractivity contribution in [2.24, 2.45) is 0 Å². The molecule has 118 valence electrons. The average molecular weight is 310 g/mol. The Morgan fingerprint density at radius 2 is 2.30 bits per heavy atom. The van der Waals surface area contributed by atoms with Crippen LogP contribution in [0.5, 0.6) is 0 Å². The van der Waals surface area contributed by atoms with E-state index in [1.165, 1.54) is 0 Å². The van der Waals surface area contributed by atoms with Gasteiger partial charge in [0.1, 0.15) is 5.52 Å².